The highest BCUT2D eigenvalue weighted by Gasteiger charge is 2.23. The van der Waals surface area contributed by atoms with E-state index in [-0.39, 0.29) is 10.6 Å². The number of hydrogen-bond acceptors (Lipinski definition) is 5. The van der Waals surface area contributed by atoms with Gasteiger partial charge < -0.3 is 10.1 Å². The van der Waals surface area contributed by atoms with Crippen molar-refractivity contribution in [3.05, 3.63) is 73.8 Å². The Bertz CT molecular complexity index is 857. The van der Waals surface area contributed by atoms with Crippen LogP contribution in [-0.4, -0.2) is 23.4 Å². The second-order valence-corrected chi connectivity index (χ2v) is 6.15. The molecule has 1 N–H and O–H groups in total. The number of rotatable bonds is 6. The van der Waals surface area contributed by atoms with Crippen molar-refractivity contribution in [3.8, 4) is 0 Å². The Morgan fingerprint density at radius 3 is 2.58 bits per heavy atom. The first-order valence-corrected chi connectivity index (χ1v) is 8.20. The number of nitrogens with one attached hydrogen (secondary N) is 1. The summed E-state index contributed by atoms with van der Waals surface area (Å²) in [5.74, 6) is -1.59. The number of ether oxygens (including phenoxy) is 1. The number of esters is 1. The van der Waals surface area contributed by atoms with Crippen LogP contribution in [0, 0.1) is 10.1 Å². The van der Waals surface area contributed by atoms with Gasteiger partial charge in [0.15, 0.2) is 6.61 Å². The summed E-state index contributed by atoms with van der Waals surface area (Å²) in [6.45, 7) is 1.13. The Morgan fingerprint density at radius 1 is 1.23 bits per heavy atom. The third-order valence-corrected chi connectivity index (χ3v) is 4.04. The number of halogens is 2. The van der Waals surface area contributed by atoms with E-state index in [0.717, 1.165) is 12.1 Å². The smallest absolute Gasteiger partial charge is 0.345 e. The largest absolute Gasteiger partial charge is 0.452 e. The third kappa shape index (κ3) is 4.93. The molecule has 2 rings (SSSR count). The van der Waals surface area contributed by atoms with Crippen molar-refractivity contribution in [3.63, 3.8) is 0 Å². The van der Waals surface area contributed by atoms with Gasteiger partial charge >= 0.3 is 5.97 Å². The summed E-state index contributed by atoms with van der Waals surface area (Å²) in [6, 6.07) is 10.1. The van der Waals surface area contributed by atoms with Crippen molar-refractivity contribution in [2.24, 2.45) is 0 Å². The van der Waals surface area contributed by atoms with E-state index in [0.29, 0.717) is 10.6 Å². The van der Waals surface area contributed by atoms with E-state index in [9.17, 15) is 19.7 Å². The maximum Gasteiger partial charge on any atom is 0.345 e. The van der Waals surface area contributed by atoms with Gasteiger partial charge in [-0.05, 0) is 30.7 Å². The van der Waals surface area contributed by atoms with Gasteiger partial charge in [0.2, 0.25) is 0 Å². The molecule has 0 spiro atoms. The molecule has 0 aliphatic carbocycles. The zero-order valence-electron chi connectivity index (χ0n) is 13.6. The van der Waals surface area contributed by atoms with Crippen LogP contribution >= 0.6 is 23.2 Å². The molecule has 0 heterocycles. The van der Waals surface area contributed by atoms with Gasteiger partial charge in [0.25, 0.3) is 11.6 Å². The summed E-state index contributed by atoms with van der Waals surface area (Å²) in [5, 5.41) is 14.2. The number of carbonyl (C=O) groups is 2. The fourth-order valence-corrected chi connectivity index (χ4v) is 2.70. The fraction of sp³-hybridized carbons (Fsp3) is 0.176. The Labute approximate surface area is 159 Å². The van der Waals surface area contributed by atoms with Crippen LogP contribution in [0.25, 0.3) is 0 Å². The Hall–Kier alpha value is -2.64. The summed E-state index contributed by atoms with van der Waals surface area (Å²) in [7, 11) is 0. The number of nitrogens with zero attached hydrogens (tertiary/aromatic N) is 1. The van der Waals surface area contributed by atoms with Crippen molar-refractivity contribution in [2.45, 2.75) is 13.0 Å². The SMILES string of the molecule is C[C@@H](NC(=O)COC(=O)c1cc(Cl)ccc1[N+](=O)[O-])c1ccccc1Cl. The monoisotopic (exact) mass is 396 g/mol. The molecule has 0 bridgehead atoms. The normalized spacial score (nSPS) is 11.5. The van der Waals surface area contributed by atoms with Crippen LogP contribution in [-0.2, 0) is 9.53 Å². The highest BCUT2D eigenvalue weighted by molar-refractivity contribution is 6.31. The number of amides is 1. The van der Waals surface area contributed by atoms with Gasteiger partial charge in [0, 0.05) is 16.1 Å². The molecule has 0 saturated carbocycles. The summed E-state index contributed by atoms with van der Waals surface area (Å²) in [5.41, 5.74) is -0.0713. The predicted octanol–water partition coefficient (Wildman–Crippen LogP) is 3.94. The van der Waals surface area contributed by atoms with E-state index >= 15 is 0 Å². The molecule has 1 amide bonds. The number of hydrogen-bond donors (Lipinski definition) is 1. The molecule has 2 aromatic carbocycles. The standard InChI is InChI=1S/C17H14Cl2N2O5/c1-10(12-4-2-3-5-14(12)19)20-16(22)9-26-17(23)13-8-11(18)6-7-15(13)21(24)25/h2-8,10H,9H2,1H3,(H,20,22)/t10-/m1/s1. The van der Waals surface area contributed by atoms with E-state index < -0.39 is 35.1 Å². The van der Waals surface area contributed by atoms with Crippen LogP contribution in [0.3, 0.4) is 0 Å². The number of nitro groups is 1. The van der Waals surface area contributed by atoms with Gasteiger partial charge in [-0.1, -0.05) is 41.4 Å². The molecule has 2 aromatic rings. The maximum atomic E-state index is 12.1. The van der Waals surface area contributed by atoms with Gasteiger partial charge in [-0.15, -0.1) is 0 Å². The lowest BCUT2D eigenvalue weighted by molar-refractivity contribution is -0.385. The average Bonchev–Trinajstić information content (AvgIpc) is 2.59. The Kier molecular flexibility index (Phi) is 6.54. The van der Waals surface area contributed by atoms with Gasteiger partial charge in [-0.3, -0.25) is 14.9 Å². The molecule has 0 aliphatic rings. The zero-order valence-corrected chi connectivity index (χ0v) is 15.1. The highest BCUT2D eigenvalue weighted by atomic mass is 35.5. The van der Waals surface area contributed by atoms with Gasteiger partial charge in [0.1, 0.15) is 5.56 Å². The number of nitro benzene ring substituents is 1. The Morgan fingerprint density at radius 2 is 1.92 bits per heavy atom. The molecule has 1 atom stereocenters. The second kappa shape index (κ2) is 8.64. The molecule has 0 saturated heterocycles. The molecule has 0 aromatic heterocycles. The summed E-state index contributed by atoms with van der Waals surface area (Å²) >= 11 is 11.8. The van der Waals surface area contributed by atoms with Gasteiger partial charge in [-0.25, -0.2) is 4.79 Å². The molecule has 0 radical (unpaired) electrons. The fourth-order valence-electron chi connectivity index (χ4n) is 2.23. The van der Waals surface area contributed by atoms with Gasteiger partial charge in [0.05, 0.1) is 11.0 Å². The van der Waals surface area contributed by atoms with Gasteiger partial charge in [-0.2, -0.15) is 0 Å². The molecular weight excluding hydrogens is 383 g/mol. The number of carbonyl (C=O) groups excluding carboxylic acids is 2. The zero-order chi connectivity index (χ0) is 19.3. The topological polar surface area (TPSA) is 98.5 Å². The van der Waals surface area contributed by atoms with Crippen molar-refractivity contribution in [2.75, 3.05) is 6.61 Å². The van der Waals surface area contributed by atoms with Crippen LogP contribution < -0.4 is 5.32 Å². The minimum atomic E-state index is -1.01. The molecule has 0 fully saturated rings. The van der Waals surface area contributed by atoms with Crippen LogP contribution in [0.1, 0.15) is 28.9 Å². The minimum Gasteiger partial charge on any atom is -0.452 e. The van der Waals surface area contributed by atoms with Crippen LogP contribution in [0.4, 0.5) is 5.69 Å². The van der Waals surface area contributed by atoms with E-state index in [2.05, 4.69) is 5.32 Å². The predicted molar refractivity (Wildman–Crippen MR) is 96.4 cm³/mol. The summed E-state index contributed by atoms with van der Waals surface area (Å²) in [6.07, 6.45) is 0. The molecule has 0 aliphatic heterocycles. The molecule has 9 heteroatoms. The van der Waals surface area contributed by atoms with Crippen molar-refractivity contribution in [1.82, 2.24) is 5.32 Å². The summed E-state index contributed by atoms with van der Waals surface area (Å²) in [4.78, 5) is 34.3. The third-order valence-electron chi connectivity index (χ3n) is 3.46. The lowest BCUT2D eigenvalue weighted by Crippen LogP contribution is -2.31. The lowest BCUT2D eigenvalue weighted by Gasteiger charge is -2.15. The van der Waals surface area contributed by atoms with E-state index in [1.54, 1.807) is 31.2 Å². The van der Waals surface area contributed by atoms with Crippen LogP contribution in [0.2, 0.25) is 10.0 Å². The molecule has 0 unspecified atom stereocenters. The first-order valence-electron chi connectivity index (χ1n) is 7.44. The van der Waals surface area contributed by atoms with Crippen molar-refractivity contribution < 1.29 is 19.2 Å². The molecule has 7 nitrogen and oxygen atoms in total. The van der Waals surface area contributed by atoms with E-state index in [4.69, 9.17) is 27.9 Å². The van der Waals surface area contributed by atoms with Crippen LogP contribution in [0.15, 0.2) is 42.5 Å². The quantitative estimate of drug-likeness (QED) is 0.452. The first-order chi connectivity index (χ1) is 12.3. The van der Waals surface area contributed by atoms with Crippen molar-refractivity contribution >= 4 is 40.8 Å². The lowest BCUT2D eigenvalue weighted by atomic mass is 10.1. The Balaban J connectivity index is 1.99. The molecule has 136 valence electrons. The van der Waals surface area contributed by atoms with E-state index in [1.165, 1.54) is 6.07 Å². The van der Waals surface area contributed by atoms with E-state index in [1.807, 2.05) is 0 Å². The highest BCUT2D eigenvalue weighted by Crippen LogP contribution is 2.24. The summed E-state index contributed by atoms with van der Waals surface area (Å²) < 4.78 is 4.86. The average molecular weight is 397 g/mol. The second-order valence-electron chi connectivity index (χ2n) is 5.31. The minimum absolute atomic E-state index is 0.138. The first kappa shape index (κ1) is 19.7. The maximum absolute atomic E-state index is 12.1. The molecular formula is C17H14Cl2N2O5. The van der Waals surface area contributed by atoms with Crippen LogP contribution in [0.5, 0.6) is 0 Å². The molecule has 26 heavy (non-hydrogen) atoms. The number of benzene rings is 2. The van der Waals surface area contributed by atoms with Crippen molar-refractivity contribution in [1.29, 1.82) is 0 Å².